The van der Waals surface area contributed by atoms with Crippen LogP contribution < -0.4 is 0 Å². The number of alkyl halides is 3. The van der Waals surface area contributed by atoms with Gasteiger partial charge < -0.3 is 0 Å². The van der Waals surface area contributed by atoms with Crippen LogP contribution in [0.15, 0.2) is 24.3 Å². The largest absolute Gasteiger partial charge is 0.451 e. The van der Waals surface area contributed by atoms with Gasteiger partial charge in [0.1, 0.15) is 5.01 Å². The smallest absolute Gasteiger partial charge is 0.299 e. The summed E-state index contributed by atoms with van der Waals surface area (Å²) >= 11 is 6.78. The van der Waals surface area contributed by atoms with Gasteiger partial charge in [0, 0.05) is 13.6 Å². The van der Waals surface area contributed by atoms with Crippen molar-refractivity contribution in [1.29, 1.82) is 0 Å². The van der Waals surface area contributed by atoms with E-state index in [4.69, 9.17) is 17.2 Å². The van der Waals surface area contributed by atoms with Crippen LogP contribution in [0, 0.1) is 4.77 Å². The molecule has 1 aromatic carbocycles. The Kier molecular flexibility index (Phi) is 4.36. The molecule has 3 heterocycles. The molecule has 0 aliphatic carbocycles. The zero-order chi connectivity index (χ0) is 18.5. The van der Waals surface area contributed by atoms with Crippen molar-refractivity contribution in [3.8, 4) is 0 Å². The molecular formula is C16H16F3N5S2. The topological polar surface area (TPSA) is 38.9 Å². The number of likely N-dealkylation sites (tertiary alicyclic amines) is 1. The van der Waals surface area contributed by atoms with Crippen molar-refractivity contribution >= 4 is 33.8 Å². The Morgan fingerprint density at radius 2 is 2.08 bits per heavy atom. The Morgan fingerprint density at radius 1 is 1.31 bits per heavy atom. The van der Waals surface area contributed by atoms with E-state index in [0.717, 1.165) is 39.2 Å². The van der Waals surface area contributed by atoms with Crippen LogP contribution in [0.5, 0.6) is 0 Å². The molecule has 26 heavy (non-hydrogen) atoms. The van der Waals surface area contributed by atoms with E-state index in [1.54, 1.807) is 11.3 Å². The van der Waals surface area contributed by atoms with Crippen LogP contribution in [-0.4, -0.2) is 30.8 Å². The molecule has 1 saturated heterocycles. The minimum Gasteiger partial charge on any atom is -0.299 e. The first-order valence-electron chi connectivity index (χ1n) is 8.15. The van der Waals surface area contributed by atoms with Crippen molar-refractivity contribution in [3.63, 3.8) is 0 Å². The Labute approximate surface area is 156 Å². The third-order valence-corrected chi connectivity index (χ3v) is 6.19. The quantitative estimate of drug-likeness (QED) is 0.613. The van der Waals surface area contributed by atoms with Crippen molar-refractivity contribution in [3.05, 3.63) is 39.9 Å². The molecule has 0 N–H and O–H groups in total. The van der Waals surface area contributed by atoms with Crippen molar-refractivity contribution in [1.82, 2.24) is 24.2 Å². The Bertz CT molecular complexity index is 970. The Morgan fingerprint density at radius 3 is 2.77 bits per heavy atom. The number of aromatic nitrogens is 4. The van der Waals surface area contributed by atoms with Gasteiger partial charge in [0.25, 0.3) is 0 Å². The predicted octanol–water partition coefficient (Wildman–Crippen LogP) is 4.37. The molecule has 5 nitrogen and oxygen atoms in total. The van der Waals surface area contributed by atoms with Gasteiger partial charge in [-0.05, 0) is 37.2 Å². The number of rotatable bonds is 3. The molecule has 1 atom stereocenters. The highest BCUT2D eigenvalue weighted by molar-refractivity contribution is 7.71. The summed E-state index contributed by atoms with van der Waals surface area (Å²) in [6.45, 7) is 1.00. The van der Waals surface area contributed by atoms with E-state index in [1.165, 1.54) is 11.7 Å². The summed E-state index contributed by atoms with van der Waals surface area (Å²) in [5.74, 6) is -0.974. The number of benzene rings is 1. The van der Waals surface area contributed by atoms with E-state index in [1.807, 2.05) is 24.3 Å². The van der Waals surface area contributed by atoms with Gasteiger partial charge in [-0.1, -0.05) is 12.1 Å². The third kappa shape index (κ3) is 3.06. The van der Waals surface area contributed by atoms with E-state index in [-0.39, 0.29) is 17.5 Å². The molecule has 4 rings (SSSR count). The fraction of sp³-hybridized carbons (Fsp3) is 0.438. The molecule has 0 bridgehead atoms. The molecule has 3 aromatic rings. The van der Waals surface area contributed by atoms with Crippen LogP contribution in [0.25, 0.3) is 10.2 Å². The highest BCUT2D eigenvalue weighted by Gasteiger charge is 2.38. The van der Waals surface area contributed by atoms with Crippen LogP contribution in [0.4, 0.5) is 13.2 Å². The van der Waals surface area contributed by atoms with Gasteiger partial charge in [-0.15, -0.1) is 16.4 Å². The van der Waals surface area contributed by atoms with Crippen LogP contribution in [0.3, 0.4) is 0 Å². The van der Waals surface area contributed by atoms with Gasteiger partial charge >= 0.3 is 6.18 Å². The second-order valence-corrected chi connectivity index (χ2v) is 7.72. The molecule has 10 heteroatoms. The highest BCUT2D eigenvalue weighted by Crippen LogP contribution is 2.37. The minimum atomic E-state index is -4.52. The second-order valence-electron chi connectivity index (χ2n) is 6.29. The number of hydrogen-bond acceptors (Lipinski definition) is 5. The van der Waals surface area contributed by atoms with E-state index in [2.05, 4.69) is 10.00 Å². The fourth-order valence-corrected chi connectivity index (χ4v) is 4.63. The van der Waals surface area contributed by atoms with Crippen molar-refractivity contribution in [2.24, 2.45) is 7.05 Å². The van der Waals surface area contributed by atoms with Crippen molar-refractivity contribution in [2.75, 3.05) is 6.54 Å². The molecule has 0 unspecified atom stereocenters. The van der Waals surface area contributed by atoms with E-state index >= 15 is 0 Å². The number of thiazole rings is 1. The third-order valence-electron chi connectivity index (χ3n) is 4.57. The lowest BCUT2D eigenvalue weighted by Crippen LogP contribution is -2.27. The maximum atomic E-state index is 13.1. The molecule has 1 aliphatic rings. The van der Waals surface area contributed by atoms with Crippen LogP contribution in [-0.2, 0) is 19.9 Å². The first-order chi connectivity index (χ1) is 12.3. The summed E-state index contributed by atoms with van der Waals surface area (Å²) in [6, 6.07) is 8.00. The number of para-hydroxylation sites is 1. The Balaban J connectivity index is 1.63. The van der Waals surface area contributed by atoms with E-state index in [9.17, 15) is 13.2 Å². The zero-order valence-corrected chi connectivity index (χ0v) is 15.5. The summed E-state index contributed by atoms with van der Waals surface area (Å²) in [7, 11) is 1.30. The number of fused-ring (bicyclic) bond motifs is 1. The monoisotopic (exact) mass is 399 g/mol. The first-order valence-corrected chi connectivity index (χ1v) is 9.37. The second kappa shape index (κ2) is 6.43. The maximum absolute atomic E-state index is 13.1. The van der Waals surface area contributed by atoms with Gasteiger partial charge in [-0.25, -0.2) is 9.67 Å². The average molecular weight is 399 g/mol. The SMILES string of the molecule is Cn1c(C(F)(F)F)nn(CN2CCC[C@H]2c2nc3ccccc3s2)c1=S. The van der Waals surface area contributed by atoms with Crippen molar-refractivity contribution in [2.45, 2.75) is 31.7 Å². The van der Waals surface area contributed by atoms with Gasteiger partial charge in [-0.3, -0.25) is 9.47 Å². The normalized spacial score (nSPS) is 18.8. The molecule has 0 spiro atoms. The average Bonchev–Trinajstić information content (AvgIpc) is 3.27. The number of hydrogen-bond donors (Lipinski definition) is 0. The van der Waals surface area contributed by atoms with E-state index in [0.29, 0.717) is 0 Å². The van der Waals surface area contributed by atoms with Gasteiger partial charge in [0.2, 0.25) is 5.82 Å². The maximum Gasteiger partial charge on any atom is 0.451 e. The zero-order valence-electron chi connectivity index (χ0n) is 13.9. The number of halogens is 3. The standard InChI is InChI=1S/C16H16F3N5S2/c1-22-14(16(17,18)19)21-24(15(22)25)9-23-8-4-6-11(23)13-20-10-5-2-3-7-12(10)26-13/h2-3,5,7,11H,4,6,8-9H2,1H3/t11-/m0/s1. The summed E-state index contributed by atoms with van der Waals surface area (Å²) in [4.78, 5) is 6.80. The van der Waals surface area contributed by atoms with E-state index < -0.39 is 12.0 Å². The molecule has 0 saturated carbocycles. The molecule has 0 radical (unpaired) electrons. The highest BCUT2D eigenvalue weighted by atomic mass is 32.1. The predicted molar refractivity (Wildman–Crippen MR) is 95.3 cm³/mol. The van der Waals surface area contributed by atoms with Gasteiger partial charge in [0.05, 0.1) is 22.9 Å². The van der Waals surface area contributed by atoms with Crippen LogP contribution in [0.2, 0.25) is 0 Å². The molecule has 1 aliphatic heterocycles. The molecule has 1 fully saturated rings. The number of nitrogens with zero attached hydrogens (tertiary/aromatic N) is 5. The lowest BCUT2D eigenvalue weighted by molar-refractivity contribution is -0.147. The molecule has 0 amide bonds. The summed E-state index contributed by atoms with van der Waals surface area (Å²) in [5.41, 5.74) is 0.952. The van der Waals surface area contributed by atoms with Gasteiger partial charge in [-0.2, -0.15) is 13.2 Å². The van der Waals surface area contributed by atoms with Gasteiger partial charge in [0.15, 0.2) is 4.77 Å². The van der Waals surface area contributed by atoms with Crippen molar-refractivity contribution < 1.29 is 13.2 Å². The molecular weight excluding hydrogens is 383 g/mol. The lowest BCUT2D eigenvalue weighted by Gasteiger charge is -2.22. The summed E-state index contributed by atoms with van der Waals surface area (Å²) in [5, 5.41) is 4.69. The summed E-state index contributed by atoms with van der Waals surface area (Å²) in [6.07, 6.45) is -2.63. The van der Waals surface area contributed by atoms with Crippen LogP contribution >= 0.6 is 23.6 Å². The Hall–Kier alpha value is -1.78. The fourth-order valence-electron chi connectivity index (χ4n) is 3.31. The molecule has 138 valence electrons. The minimum absolute atomic E-state index is 0.0623. The summed E-state index contributed by atoms with van der Waals surface area (Å²) < 4.78 is 42.5. The first kappa shape index (κ1) is 17.6. The lowest BCUT2D eigenvalue weighted by atomic mass is 10.2. The van der Waals surface area contributed by atoms with Crippen LogP contribution in [0.1, 0.15) is 29.7 Å². The molecule has 2 aromatic heterocycles.